The molecule has 3 heterocycles. The standard InChI is InChI=1S/C23H28N4O3/c1-3-4-5-14-30-21-15-18(6-7-20(21)29-2)27-13-12-26(23(27)28)16-17-8-10-24-22-19(17)9-11-25-22/h6-11,15H,3-5,12-14,16H2,1-2H3,(H,24,25). The van der Waals surface area contributed by atoms with E-state index in [9.17, 15) is 4.79 Å². The molecule has 0 unspecified atom stereocenters. The molecule has 0 radical (unpaired) electrons. The Kier molecular flexibility index (Phi) is 6.07. The lowest BCUT2D eigenvalue weighted by Gasteiger charge is -2.20. The minimum absolute atomic E-state index is 0.00222. The number of carbonyl (C=O) groups is 1. The van der Waals surface area contributed by atoms with Gasteiger partial charge in [-0.25, -0.2) is 9.78 Å². The van der Waals surface area contributed by atoms with Crippen LogP contribution in [0.15, 0.2) is 42.7 Å². The van der Waals surface area contributed by atoms with Gasteiger partial charge in [0.25, 0.3) is 0 Å². The van der Waals surface area contributed by atoms with Crippen molar-refractivity contribution >= 4 is 22.8 Å². The molecule has 1 aliphatic heterocycles. The van der Waals surface area contributed by atoms with Gasteiger partial charge in [-0.2, -0.15) is 0 Å². The van der Waals surface area contributed by atoms with Crippen molar-refractivity contribution < 1.29 is 14.3 Å². The summed E-state index contributed by atoms with van der Waals surface area (Å²) in [4.78, 5) is 24.2. The average molecular weight is 409 g/mol. The van der Waals surface area contributed by atoms with Crippen molar-refractivity contribution in [2.24, 2.45) is 0 Å². The van der Waals surface area contributed by atoms with Gasteiger partial charge in [0, 0.05) is 49.2 Å². The van der Waals surface area contributed by atoms with Crippen LogP contribution >= 0.6 is 0 Å². The van der Waals surface area contributed by atoms with E-state index in [1.165, 1.54) is 0 Å². The number of rotatable bonds is 9. The fourth-order valence-corrected chi connectivity index (χ4v) is 3.81. The molecule has 7 nitrogen and oxygen atoms in total. The predicted molar refractivity (Wildman–Crippen MR) is 117 cm³/mol. The third-order valence-corrected chi connectivity index (χ3v) is 5.47. The number of aromatic amines is 1. The highest BCUT2D eigenvalue weighted by Gasteiger charge is 2.30. The molecule has 4 rings (SSSR count). The smallest absolute Gasteiger partial charge is 0.324 e. The number of pyridine rings is 1. The molecule has 0 bridgehead atoms. The van der Waals surface area contributed by atoms with Gasteiger partial charge in [-0.15, -0.1) is 0 Å². The van der Waals surface area contributed by atoms with E-state index in [1.54, 1.807) is 18.2 Å². The molecule has 0 atom stereocenters. The summed E-state index contributed by atoms with van der Waals surface area (Å²) < 4.78 is 11.4. The molecule has 1 aromatic carbocycles. The Balaban J connectivity index is 1.48. The first-order chi connectivity index (χ1) is 14.7. The number of hydrogen-bond donors (Lipinski definition) is 1. The maximum absolute atomic E-state index is 13.1. The predicted octanol–water partition coefficient (Wildman–Crippen LogP) is 4.58. The van der Waals surface area contributed by atoms with E-state index in [4.69, 9.17) is 9.47 Å². The van der Waals surface area contributed by atoms with Crippen LogP contribution in [0.25, 0.3) is 11.0 Å². The molecule has 0 aliphatic carbocycles. The van der Waals surface area contributed by atoms with E-state index >= 15 is 0 Å². The van der Waals surface area contributed by atoms with E-state index in [0.29, 0.717) is 37.7 Å². The monoisotopic (exact) mass is 408 g/mol. The van der Waals surface area contributed by atoms with E-state index in [2.05, 4.69) is 16.9 Å². The van der Waals surface area contributed by atoms with Crippen LogP contribution in [0, 0.1) is 0 Å². The molecule has 158 valence electrons. The van der Waals surface area contributed by atoms with Gasteiger partial charge in [0.1, 0.15) is 5.65 Å². The van der Waals surface area contributed by atoms with Crippen LogP contribution in [0.2, 0.25) is 0 Å². The number of benzene rings is 1. The number of methoxy groups -OCH3 is 1. The van der Waals surface area contributed by atoms with Crippen LogP contribution in [0.4, 0.5) is 10.5 Å². The Morgan fingerprint density at radius 3 is 2.87 bits per heavy atom. The molecule has 30 heavy (non-hydrogen) atoms. The number of hydrogen-bond acceptors (Lipinski definition) is 4. The second kappa shape index (κ2) is 9.07. The maximum atomic E-state index is 13.1. The summed E-state index contributed by atoms with van der Waals surface area (Å²) in [5.41, 5.74) is 2.76. The van der Waals surface area contributed by atoms with Crippen LogP contribution in [-0.4, -0.2) is 47.7 Å². The van der Waals surface area contributed by atoms with Crippen molar-refractivity contribution in [2.45, 2.75) is 32.7 Å². The second-order valence-electron chi connectivity index (χ2n) is 7.46. The van der Waals surface area contributed by atoms with Gasteiger partial charge in [0.2, 0.25) is 0 Å². The Bertz CT molecular complexity index is 1020. The fourth-order valence-electron chi connectivity index (χ4n) is 3.81. The highest BCUT2D eigenvalue weighted by atomic mass is 16.5. The first-order valence-electron chi connectivity index (χ1n) is 10.5. The molecule has 0 saturated carbocycles. The Morgan fingerprint density at radius 2 is 2.03 bits per heavy atom. The van der Waals surface area contributed by atoms with E-state index in [0.717, 1.165) is 41.5 Å². The summed E-state index contributed by atoms with van der Waals surface area (Å²) in [7, 11) is 1.63. The Labute approximate surface area is 176 Å². The zero-order valence-electron chi connectivity index (χ0n) is 17.6. The molecule has 1 aliphatic rings. The lowest BCUT2D eigenvalue weighted by Crippen LogP contribution is -2.31. The summed E-state index contributed by atoms with van der Waals surface area (Å²) in [6.07, 6.45) is 6.92. The summed E-state index contributed by atoms with van der Waals surface area (Å²) in [6, 6.07) is 9.66. The van der Waals surface area contributed by atoms with E-state index in [-0.39, 0.29) is 6.03 Å². The molecule has 1 N–H and O–H groups in total. The topological polar surface area (TPSA) is 70.7 Å². The van der Waals surface area contributed by atoms with Crippen LogP contribution in [-0.2, 0) is 6.54 Å². The van der Waals surface area contributed by atoms with Crippen molar-refractivity contribution in [3.8, 4) is 11.5 Å². The first kappa shape index (κ1) is 20.1. The van der Waals surface area contributed by atoms with Gasteiger partial charge in [0.15, 0.2) is 11.5 Å². The normalized spacial score (nSPS) is 14.0. The molecular formula is C23H28N4O3. The number of nitrogens with one attached hydrogen (secondary N) is 1. The number of H-pyrrole nitrogens is 1. The number of unbranched alkanes of at least 4 members (excludes halogenated alkanes) is 2. The Morgan fingerprint density at radius 1 is 1.13 bits per heavy atom. The molecule has 1 fully saturated rings. The van der Waals surface area contributed by atoms with Crippen LogP contribution in [0.1, 0.15) is 31.7 Å². The van der Waals surface area contributed by atoms with Crippen molar-refractivity contribution in [1.82, 2.24) is 14.9 Å². The van der Waals surface area contributed by atoms with E-state index < -0.39 is 0 Å². The van der Waals surface area contributed by atoms with Crippen LogP contribution in [0.3, 0.4) is 0 Å². The minimum atomic E-state index is -0.00222. The SMILES string of the molecule is CCCCCOc1cc(N2CCN(Cc3ccnc4[nH]ccc34)C2=O)ccc1OC. The van der Waals surface area contributed by atoms with Crippen molar-refractivity contribution in [3.63, 3.8) is 0 Å². The number of fused-ring (bicyclic) bond motifs is 1. The zero-order chi connectivity index (χ0) is 20.9. The van der Waals surface area contributed by atoms with Crippen LogP contribution in [0.5, 0.6) is 11.5 Å². The number of ether oxygens (including phenoxy) is 2. The quantitative estimate of drug-likeness (QED) is 0.526. The third-order valence-electron chi connectivity index (χ3n) is 5.47. The van der Waals surface area contributed by atoms with Crippen LogP contribution < -0.4 is 14.4 Å². The number of amides is 2. The lowest BCUT2D eigenvalue weighted by atomic mass is 10.2. The van der Waals surface area contributed by atoms with Crippen molar-refractivity contribution in [1.29, 1.82) is 0 Å². The molecule has 3 aromatic rings. The van der Waals surface area contributed by atoms with Gasteiger partial charge < -0.3 is 19.4 Å². The average Bonchev–Trinajstić information content (AvgIpc) is 3.39. The van der Waals surface area contributed by atoms with Crippen molar-refractivity contribution in [3.05, 3.63) is 48.3 Å². The number of nitrogens with zero attached hydrogens (tertiary/aromatic N) is 3. The summed E-state index contributed by atoms with van der Waals surface area (Å²) in [5.74, 6) is 1.37. The number of urea groups is 1. The van der Waals surface area contributed by atoms with Gasteiger partial charge in [-0.1, -0.05) is 19.8 Å². The third kappa shape index (κ3) is 4.06. The van der Waals surface area contributed by atoms with E-state index in [1.807, 2.05) is 41.4 Å². The molecule has 0 spiro atoms. The fraction of sp³-hybridized carbons (Fsp3) is 0.391. The summed E-state index contributed by atoms with van der Waals surface area (Å²) in [6.45, 7) is 4.68. The maximum Gasteiger partial charge on any atom is 0.324 e. The number of aromatic nitrogens is 2. The molecular weight excluding hydrogens is 380 g/mol. The van der Waals surface area contributed by atoms with Gasteiger partial charge in [0.05, 0.1) is 13.7 Å². The first-order valence-corrected chi connectivity index (χ1v) is 10.5. The summed E-state index contributed by atoms with van der Waals surface area (Å²) >= 11 is 0. The number of carbonyl (C=O) groups excluding carboxylic acids is 1. The lowest BCUT2D eigenvalue weighted by molar-refractivity contribution is 0.219. The van der Waals surface area contributed by atoms with Gasteiger partial charge in [-0.05, 0) is 36.2 Å². The molecule has 1 saturated heterocycles. The zero-order valence-corrected chi connectivity index (χ0v) is 17.6. The minimum Gasteiger partial charge on any atom is -0.493 e. The molecule has 2 aromatic heterocycles. The molecule has 7 heteroatoms. The Hall–Kier alpha value is -3.22. The summed E-state index contributed by atoms with van der Waals surface area (Å²) in [5, 5.41) is 1.05. The van der Waals surface area contributed by atoms with Gasteiger partial charge >= 0.3 is 6.03 Å². The largest absolute Gasteiger partial charge is 0.493 e. The molecule has 2 amide bonds. The van der Waals surface area contributed by atoms with Crippen molar-refractivity contribution in [2.75, 3.05) is 31.7 Å². The van der Waals surface area contributed by atoms with Gasteiger partial charge in [-0.3, -0.25) is 4.90 Å². The highest BCUT2D eigenvalue weighted by Crippen LogP contribution is 2.33. The highest BCUT2D eigenvalue weighted by molar-refractivity contribution is 5.94. The number of anilines is 1. The second-order valence-corrected chi connectivity index (χ2v) is 7.46.